The van der Waals surface area contributed by atoms with E-state index in [4.69, 9.17) is 27.9 Å². The van der Waals surface area contributed by atoms with Crippen LogP contribution < -0.4 is 10.9 Å². The lowest BCUT2D eigenvalue weighted by Gasteiger charge is -2.15. The van der Waals surface area contributed by atoms with Gasteiger partial charge in [0, 0.05) is 46.3 Å². The molecule has 6 rings (SSSR count). The number of hydrogen-bond acceptors (Lipinski definition) is 5. The first-order chi connectivity index (χ1) is 22.8. The molecule has 0 saturated carbocycles. The van der Waals surface area contributed by atoms with Gasteiger partial charge in [0.25, 0.3) is 0 Å². The fourth-order valence-corrected chi connectivity index (χ4v) is 5.64. The van der Waals surface area contributed by atoms with E-state index < -0.39 is 51.5 Å². The summed E-state index contributed by atoms with van der Waals surface area (Å²) in [5, 5.41) is 0.589. The van der Waals surface area contributed by atoms with Gasteiger partial charge in [-0.15, -0.1) is 0 Å². The van der Waals surface area contributed by atoms with Crippen LogP contribution in [0, 0.1) is 5.82 Å². The second-order valence-electron chi connectivity index (χ2n) is 10.8. The summed E-state index contributed by atoms with van der Waals surface area (Å²) in [5.41, 5.74) is -2.25. The third-order valence-corrected chi connectivity index (χ3v) is 8.06. The van der Waals surface area contributed by atoms with Gasteiger partial charge in [-0.2, -0.15) is 13.2 Å². The maximum Gasteiger partial charge on any atom is 0.416 e. The van der Waals surface area contributed by atoms with Crippen LogP contribution in [0.4, 0.5) is 17.6 Å². The van der Waals surface area contributed by atoms with Crippen molar-refractivity contribution in [1.82, 2.24) is 9.13 Å². The van der Waals surface area contributed by atoms with E-state index in [1.807, 2.05) is 0 Å². The highest BCUT2D eigenvalue weighted by Crippen LogP contribution is 2.30. The molecule has 48 heavy (non-hydrogen) atoms. The summed E-state index contributed by atoms with van der Waals surface area (Å²) >= 11 is 12.3. The summed E-state index contributed by atoms with van der Waals surface area (Å²) in [6, 6.07) is 18.5. The molecule has 0 aliphatic carbocycles. The molecule has 2 aromatic heterocycles. The van der Waals surface area contributed by atoms with E-state index in [9.17, 15) is 36.7 Å². The molecule has 0 saturated heterocycles. The lowest BCUT2D eigenvalue weighted by atomic mass is 10.1. The van der Waals surface area contributed by atoms with Gasteiger partial charge in [0.15, 0.2) is 0 Å². The summed E-state index contributed by atoms with van der Waals surface area (Å²) in [4.78, 5) is 53.6. The third-order valence-electron chi connectivity index (χ3n) is 7.59. The molecular weight excluding hydrogens is 675 g/mol. The van der Waals surface area contributed by atoms with Crippen molar-refractivity contribution in [2.24, 2.45) is 0 Å². The molecule has 6 aromatic rings. The normalized spacial score (nSPS) is 11.6. The van der Waals surface area contributed by atoms with Crippen LogP contribution in [-0.2, 0) is 24.0 Å². The molecule has 13 heteroatoms. The van der Waals surface area contributed by atoms with Gasteiger partial charge in [0.05, 0.1) is 16.6 Å². The predicted molar refractivity (Wildman–Crippen MR) is 172 cm³/mol. The lowest BCUT2D eigenvalue weighted by Crippen LogP contribution is -2.26. The second kappa shape index (κ2) is 12.7. The zero-order valence-corrected chi connectivity index (χ0v) is 25.9. The van der Waals surface area contributed by atoms with Crippen molar-refractivity contribution in [3.63, 3.8) is 0 Å². The number of pyridine rings is 2. The highest BCUT2D eigenvalue weighted by molar-refractivity contribution is 6.31. The molecule has 0 N–H and O–H groups in total. The van der Waals surface area contributed by atoms with Gasteiger partial charge >= 0.3 is 18.1 Å². The lowest BCUT2D eigenvalue weighted by molar-refractivity contribution is -0.137. The van der Waals surface area contributed by atoms with Crippen LogP contribution in [0.1, 0.15) is 37.4 Å². The molecule has 0 amide bonds. The molecule has 4 aromatic carbocycles. The van der Waals surface area contributed by atoms with E-state index in [0.717, 1.165) is 18.3 Å². The molecule has 0 spiro atoms. The van der Waals surface area contributed by atoms with Crippen LogP contribution in [0.3, 0.4) is 0 Å². The Hall–Kier alpha value is -5.26. The fraction of sp³-hybridized carbons (Fsp3) is 0.0857. The minimum Gasteiger partial charge on any atom is -0.385 e. The Morgan fingerprint density at radius 2 is 1.17 bits per heavy atom. The molecule has 0 atom stereocenters. The smallest absolute Gasteiger partial charge is 0.385 e. The maximum atomic E-state index is 13.5. The Labute approximate surface area is 278 Å². The van der Waals surface area contributed by atoms with Crippen molar-refractivity contribution in [3.05, 3.63) is 161 Å². The standard InChI is InChI=1S/C35H20Cl2F4N2O5/c36-22-6-10-25-29(13-22)42(15-19-4-8-24(38)9-5-19)17-27(31(25)44)33(46)48-34(47)28-18-43(30-14-23(37)7-11-26(30)32(28)45)16-20-2-1-3-21(12-20)35(39,40)41/h1-14,17-18H,15-16H2. The quantitative estimate of drug-likeness (QED) is 0.101. The Morgan fingerprint density at radius 1 is 0.667 bits per heavy atom. The number of hydrogen-bond donors (Lipinski definition) is 0. The summed E-state index contributed by atoms with van der Waals surface area (Å²) in [6.45, 7) is -0.129. The summed E-state index contributed by atoms with van der Waals surface area (Å²) in [7, 11) is 0. The molecule has 0 fully saturated rings. The second-order valence-corrected chi connectivity index (χ2v) is 11.7. The zero-order valence-electron chi connectivity index (χ0n) is 24.4. The van der Waals surface area contributed by atoms with Gasteiger partial charge in [-0.05, 0) is 71.8 Å². The predicted octanol–water partition coefficient (Wildman–Crippen LogP) is 7.87. The highest BCUT2D eigenvalue weighted by Gasteiger charge is 2.30. The Balaban J connectivity index is 1.39. The molecule has 2 heterocycles. The monoisotopic (exact) mass is 694 g/mol. The van der Waals surface area contributed by atoms with Crippen molar-refractivity contribution in [2.75, 3.05) is 0 Å². The first kappa shape index (κ1) is 32.7. The van der Waals surface area contributed by atoms with E-state index >= 15 is 0 Å². The average Bonchev–Trinajstić information content (AvgIpc) is 3.04. The summed E-state index contributed by atoms with van der Waals surface area (Å²) < 4.78 is 61.6. The van der Waals surface area contributed by atoms with Crippen LogP contribution in [-0.4, -0.2) is 21.1 Å². The minimum absolute atomic E-state index is 0.0162. The van der Waals surface area contributed by atoms with Crippen molar-refractivity contribution < 1.29 is 31.9 Å². The number of carbonyl (C=O) groups is 2. The first-order valence-corrected chi connectivity index (χ1v) is 14.9. The third kappa shape index (κ3) is 6.60. The maximum absolute atomic E-state index is 13.5. The van der Waals surface area contributed by atoms with E-state index in [-0.39, 0.29) is 40.0 Å². The molecule has 0 radical (unpaired) electrons. The SMILES string of the molecule is O=C(OC(=O)c1cn(Cc2cccc(C(F)(F)F)c2)c2cc(Cl)ccc2c1=O)c1cn(Cc2ccc(F)cc2)c2cc(Cl)ccc2c1=O. The number of alkyl halides is 3. The number of rotatable bonds is 6. The Morgan fingerprint density at radius 3 is 1.67 bits per heavy atom. The number of halogens is 6. The minimum atomic E-state index is -4.60. The fourth-order valence-electron chi connectivity index (χ4n) is 5.30. The Bertz CT molecular complexity index is 2390. The average molecular weight is 695 g/mol. The molecule has 242 valence electrons. The van der Waals surface area contributed by atoms with Gasteiger partial charge in [-0.1, -0.05) is 47.5 Å². The molecule has 7 nitrogen and oxygen atoms in total. The van der Waals surface area contributed by atoms with Crippen LogP contribution in [0.25, 0.3) is 21.8 Å². The van der Waals surface area contributed by atoms with E-state index in [2.05, 4.69) is 0 Å². The Kier molecular flexibility index (Phi) is 8.67. The van der Waals surface area contributed by atoms with E-state index in [1.165, 1.54) is 88.1 Å². The van der Waals surface area contributed by atoms with E-state index in [0.29, 0.717) is 16.1 Å². The van der Waals surface area contributed by atoms with Gasteiger partial charge in [-0.25, -0.2) is 14.0 Å². The van der Waals surface area contributed by atoms with Crippen LogP contribution in [0.5, 0.6) is 0 Å². The highest BCUT2D eigenvalue weighted by atomic mass is 35.5. The number of ether oxygens (including phenoxy) is 1. The first-order valence-electron chi connectivity index (χ1n) is 14.1. The number of fused-ring (bicyclic) bond motifs is 2. The van der Waals surface area contributed by atoms with Crippen LogP contribution >= 0.6 is 23.2 Å². The van der Waals surface area contributed by atoms with Crippen molar-refractivity contribution >= 4 is 56.9 Å². The van der Waals surface area contributed by atoms with Gasteiger partial charge in [-0.3, -0.25) is 9.59 Å². The van der Waals surface area contributed by atoms with Gasteiger partial charge < -0.3 is 13.9 Å². The molecule has 0 aliphatic heterocycles. The van der Waals surface area contributed by atoms with Crippen molar-refractivity contribution in [1.29, 1.82) is 0 Å². The molecular formula is C35H20Cl2F4N2O5. The number of benzene rings is 4. The van der Waals surface area contributed by atoms with E-state index in [1.54, 1.807) is 0 Å². The van der Waals surface area contributed by atoms with Crippen molar-refractivity contribution in [2.45, 2.75) is 19.3 Å². The van der Waals surface area contributed by atoms with Crippen molar-refractivity contribution in [3.8, 4) is 0 Å². The molecule has 0 aliphatic rings. The largest absolute Gasteiger partial charge is 0.416 e. The van der Waals surface area contributed by atoms with Crippen LogP contribution in [0.2, 0.25) is 10.0 Å². The van der Waals surface area contributed by atoms with Crippen LogP contribution in [0.15, 0.2) is 107 Å². The molecule has 0 unspecified atom stereocenters. The number of nitrogens with zero attached hydrogens (tertiary/aromatic N) is 2. The number of aromatic nitrogens is 2. The number of carbonyl (C=O) groups excluding carboxylic acids is 2. The summed E-state index contributed by atoms with van der Waals surface area (Å²) in [6.07, 6.45) is -2.37. The number of esters is 2. The zero-order chi connectivity index (χ0) is 34.3. The summed E-state index contributed by atoms with van der Waals surface area (Å²) in [5.74, 6) is -3.20. The molecule has 0 bridgehead atoms. The van der Waals surface area contributed by atoms with Gasteiger partial charge in [0.1, 0.15) is 16.9 Å². The van der Waals surface area contributed by atoms with Gasteiger partial charge in [0.2, 0.25) is 10.9 Å². The topological polar surface area (TPSA) is 87.4 Å².